The van der Waals surface area contributed by atoms with Gasteiger partial charge in [-0.15, -0.1) is 0 Å². The molecule has 5 nitrogen and oxygen atoms in total. The van der Waals surface area contributed by atoms with Gasteiger partial charge in [0.15, 0.2) is 0 Å². The molecule has 1 aliphatic heterocycles. The van der Waals surface area contributed by atoms with E-state index in [0.29, 0.717) is 10.6 Å². The highest BCUT2D eigenvalue weighted by atomic mass is 35.5. The molecular weight excluding hydrogens is 336 g/mol. The normalized spacial score (nSPS) is 15.2. The molecule has 3 rings (SSSR count). The molecule has 1 amide bonds. The van der Waals surface area contributed by atoms with Gasteiger partial charge in [-0.2, -0.15) is 0 Å². The van der Waals surface area contributed by atoms with Gasteiger partial charge < -0.3 is 15.1 Å². The van der Waals surface area contributed by atoms with Gasteiger partial charge in [0.1, 0.15) is 5.82 Å². The van der Waals surface area contributed by atoms with E-state index >= 15 is 0 Å². The Morgan fingerprint density at radius 3 is 2.60 bits per heavy atom. The smallest absolute Gasteiger partial charge is 0.257 e. The zero-order chi connectivity index (χ0) is 17.8. The van der Waals surface area contributed by atoms with Crippen LogP contribution in [0.4, 0.5) is 11.5 Å². The molecular formula is C19H23ClN4O. The number of likely N-dealkylation sites (N-methyl/N-ethyl adjacent to an activating group) is 1. The molecule has 0 radical (unpaired) electrons. The van der Waals surface area contributed by atoms with Crippen LogP contribution < -0.4 is 10.2 Å². The predicted octanol–water partition coefficient (Wildman–Crippen LogP) is 3.44. The first-order valence-corrected chi connectivity index (χ1v) is 8.96. The lowest BCUT2D eigenvalue weighted by atomic mass is 10.2. The molecule has 0 aliphatic carbocycles. The van der Waals surface area contributed by atoms with Crippen LogP contribution >= 0.6 is 11.6 Å². The summed E-state index contributed by atoms with van der Waals surface area (Å²) in [7, 11) is 0. The Bertz CT molecular complexity index is 740. The maximum absolute atomic E-state index is 12.4. The fraction of sp³-hybridized carbons (Fsp3) is 0.368. The Balaban J connectivity index is 1.66. The van der Waals surface area contributed by atoms with Crippen LogP contribution in [0.5, 0.6) is 0 Å². The number of carbonyl (C=O) groups excluding carboxylic acids is 1. The number of hydrogen-bond acceptors (Lipinski definition) is 4. The lowest BCUT2D eigenvalue weighted by molar-refractivity contribution is 0.102. The van der Waals surface area contributed by atoms with Gasteiger partial charge in [0.25, 0.3) is 5.91 Å². The van der Waals surface area contributed by atoms with Crippen LogP contribution in [0.2, 0.25) is 5.02 Å². The van der Waals surface area contributed by atoms with Crippen molar-refractivity contribution >= 4 is 29.0 Å². The lowest BCUT2D eigenvalue weighted by Gasteiger charge is -2.34. The highest BCUT2D eigenvalue weighted by Crippen LogP contribution is 2.23. The Morgan fingerprint density at radius 2 is 1.96 bits per heavy atom. The average molecular weight is 359 g/mol. The van der Waals surface area contributed by atoms with Gasteiger partial charge in [-0.25, -0.2) is 4.98 Å². The highest BCUT2D eigenvalue weighted by molar-refractivity contribution is 6.31. The van der Waals surface area contributed by atoms with E-state index in [1.807, 2.05) is 31.2 Å². The van der Waals surface area contributed by atoms with Crippen molar-refractivity contribution in [1.29, 1.82) is 0 Å². The lowest BCUT2D eigenvalue weighted by Crippen LogP contribution is -2.46. The largest absolute Gasteiger partial charge is 0.354 e. The van der Waals surface area contributed by atoms with Crippen molar-refractivity contribution in [2.45, 2.75) is 13.8 Å². The summed E-state index contributed by atoms with van der Waals surface area (Å²) in [6.07, 6.45) is 1.64. The highest BCUT2D eigenvalue weighted by Gasteiger charge is 2.17. The zero-order valence-corrected chi connectivity index (χ0v) is 15.4. The third kappa shape index (κ3) is 4.11. The number of halogens is 1. The van der Waals surface area contributed by atoms with Crippen molar-refractivity contribution in [3.8, 4) is 0 Å². The van der Waals surface area contributed by atoms with Gasteiger partial charge in [0.05, 0.1) is 5.56 Å². The Kier molecular flexibility index (Phi) is 5.56. The molecule has 0 spiro atoms. The number of aromatic nitrogens is 1. The minimum Gasteiger partial charge on any atom is -0.354 e. The maximum atomic E-state index is 12.4. The number of nitrogens with zero attached hydrogens (tertiary/aromatic N) is 3. The first kappa shape index (κ1) is 17.7. The second kappa shape index (κ2) is 7.85. The summed E-state index contributed by atoms with van der Waals surface area (Å²) in [6.45, 7) is 9.19. The second-order valence-corrected chi connectivity index (χ2v) is 6.60. The van der Waals surface area contributed by atoms with Crippen LogP contribution in [-0.2, 0) is 0 Å². The molecule has 0 atom stereocenters. The van der Waals surface area contributed by atoms with E-state index in [-0.39, 0.29) is 5.91 Å². The number of amides is 1. The van der Waals surface area contributed by atoms with E-state index in [9.17, 15) is 4.79 Å². The van der Waals surface area contributed by atoms with Crippen LogP contribution in [0.15, 0.2) is 36.5 Å². The molecule has 1 aliphatic rings. The predicted molar refractivity (Wildman–Crippen MR) is 103 cm³/mol. The minimum absolute atomic E-state index is 0.180. The summed E-state index contributed by atoms with van der Waals surface area (Å²) in [5.74, 6) is 0.742. The number of pyridine rings is 1. The number of rotatable bonds is 4. The molecule has 2 aromatic rings. The quantitative estimate of drug-likeness (QED) is 0.909. The molecule has 1 aromatic carbocycles. The molecule has 0 saturated carbocycles. The third-order valence-corrected chi connectivity index (χ3v) is 5.08. The minimum atomic E-state index is -0.180. The number of anilines is 2. The Labute approximate surface area is 153 Å². The molecule has 1 aromatic heterocycles. The number of nitrogens with one attached hydrogen (secondary N) is 1. The Hall–Kier alpha value is -2.11. The average Bonchev–Trinajstić information content (AvgIpc) is 2.65. The fourth-order valence-electron chi connectivity index (χ4n) is 2.94. The summed E-state index contributed by atoms with van der Waals surface area (Å²) in [5, 5.41) is 3.53. The van der Waals surface area contributed by atoms with Crippen LogP contribution in [0.3, 0.4) is 0 Å². The van der Waals surface area contributed by atoms with Gasteiger partial charge >= 0.3 is 0 Å². The molecule has 0 bridgehead atoms. The standard InChI is InChI=1S/C19H23ClN4O/c1-3-23-9-11-24(12-10-23)18-8-7-15(13-21-18)19(25)22-17-6-4-5-16(20)14(17)2/h4-8,13H,3,9-12H2,1-2H3,(H,22,25). The monoisotopic (exact) mass is 358 g/mol. The van der Waals surface area contributed by atoms with Crippen molar-refractivity contribution in [2.75, 3.05) is 42.9 Å². The van der Waals surface area contributed by atoms with Crippen LogP contribution in [-0.4, -0.2) is 48.5 Å². The van der Waals surface area contributed by atoms with Crippen LogP contribution in [0, 0.1) is 6.92 Å². The Morgan fingerprint density at radius 1 is 1.20 bits per heavy atom. The molecule has 1 N–H and O–H groups in total. The van der Waals surface area contributed by atoms with Crippen molar-refractivity contribution in [3.05, 3.63) is 52.7 Å². The van der Waals surface area contributed by atoms with Gasteiger partial charge in [0.2, 0.25) is 0 Å². The fourth-order valence-corrected chi connectivity index (χ4v) is 3.11. The summed E-state index contributed by atoms with van der Waals surface area (Å²) < 4.78 is 0. The van der Waals surface area contributed by atoms with E-state index in [1.54, 1.807) is 12.3 Å². The van der Waals surface area contributed by atoms with Crippen molar-refractivity contribution in [1.82, 2.24) is 9.88 Å². The first-order valence-electron chi connectivity index (χ1n) is 8.58. The molecule has 2 heterocycles. The molecule has 25 heavy (non-hydrogen) atoms. The second-order valence-electron chi connectivity index (χ2n) is 6.19. The van der Waals surface area contributed by atoms with Gasteiger partial charge in [-0.3, -0.25) is 4.79 Å². The number of piperazine rings is 1. The first-order chi connectivity index (χ1) is 12.1. The van der Waals surface area contributed by atoms with Crippen molar-refractivity contribution in [3.63, 3.8) is 0 Å². The summed E-state index contributed by atoms with van der Waals surface area (Å²) in [5.41, 5.74) is 2.11. The van der Waals surface area contributed by atoms with Crippen LogP contribution in [0.25, 0.3) is 0 Å². The summed E-state index contributed by atoms with van der Waals surface area (Å²) in [6, 6.07) is 9.21. The van der Waals surface area contributed by atoms with E-state index in [4.69, 9.17) is 11.6 Å². The van der Waals surface area contributed by atoms with E-state index in [2.05, 4.69) is 27.0 Å². The summed E-state index contributed by atoms with van der Waals surface area (Å²) >= 11 is 6.10. The molecule has 0 unspecified atom stereocenters. The van der Waals surface area contributed by atoms with Gasteiger partial charge in [-0.1, -0.05) is 24.6 Å². The molecule has 6 heteroatoms. The third-order valence-electron chi connectivity index (χ3n) is 4.67. The van der Waals surface area contributed by atoms with Gasteiger partial charge in [-0.05, 0) is 43.3 Å². The topological polar surface area (TPSA) is 48.5 Å². The summed E-state index contributed by atoms with van der Waals surface area (Å²) in [4.78, 5) is 21.6. The number of carbonyl (C=O) groups is 1. The molecule has 1 fully saturated rings. The van der Waals surface area contributed by atoms with E-state index in [1.165, 1.54) is 0 Å². The zero-order valence-electron chi connectivity index (χ0n) is 14.6. The number of benzene rings is 1. The number of hydrogen-bond donors (Lipinski definition) is 1. The molecule has 132 valence electrons. The van der Waals surface area contributed by atoms with Gasteiger partial charge in [0, 0.05) is 43.1 Å². The van der Waals surface area contributed by atoms with Crippen molar-refractivity contribution < 1.29 is 4.79 Å². The molecule has 1 saturated heterocycles. The van der Waals surface area contributed by atoms with Crippen LogP contribution in [0.1, 0.15) is 22.8 Å². The maximum Gasteiger partial charge on any atom is 0.257 e. The van der Waals surface area contributed by atoms with E-state index < -0.39 is 0 Å². The van der Waals surface area contributed by atoms with Crippen molar-refractivity contribution in [2.24, 2.45) is 0 Å². The van der Waals surface area contributed by atoms with E-state index in [0.717, 1.165) is 49.8 Å². The SMILES string of the molecule is CCN1CCN(c2ccc(C(=O)Nc3cccc(Cl)c3C)cn2)CC1.